The molecule has 0 aromatic heterocycles. The van der Waals surface area contributed by atoms with Crippen LogP contribution >= 0.6 is 0 Å². The van der Waals surface area contributed by atoms with E-state index in [1.807, 2.05) is 6.92 Å². The highest BCUT2D eigenvalue weighted by Gasteiger charge is 2.13. The Balaban J connectivity index is 2.95. The van der Waals surface area contributed by atoms with Crippen LogP contribution in [0.5, 0.6) is 0 Å². The highest BCUT2D eigenvalue weighted by atomic mass is 19.1. The Morgan fingerprint density at radius 1 is 1.56 bits per heavy atom. The van der Waals surface area contributed by atoms with Crippen molar-refractivity contribution in [2.75, 3.05) is 11.9 Å². The first kappa shape index (κ1) is 12.6. The van der Waals surface area contributed by atoms with E-state index >= 15 is 0 Å². The lowest BCUT2D eigenvalue weighted by Crippen LogP contribution is -2.18. The second-order valence-corrected chi connectivity index (χ2v) is 3.78. The molecule has 0 aliphatic rings. The summed E-state index contributed by atoms with van der Waals surface area (Å²) in [6, 6.07) is 4.46. The fourth-order valence-electron chi connectivity index (χ4n) is 1.53. The van der Waals surface area contributed by atoms with E-state index in [-0.39, 0.29) is 24.0 Å². The van der Waals surface area contributed by atoms with E-state index in [0.717, 1.165) is 0 Å². The van der Waals surface area contributed by atoms with E-state index in [1.165, 1.54) is 13.0 Å². The highest BCUT2D eigenvalue weighted by molar-refractivity contribution is 5.99. The fourth-order valence-corrected chi connectivity index (χ4v) is 1.53. The molecule has 1 aromatic carbocycles. The molecule has 0 amide bonds. The van der Waals surface area contributed by atoms with Crippen molar-refractivity contribution in [3.8, 4) is 0 Å². The van der Waals surface area contributed by atoms with Gasteiger partial charge >= 0.3 is 0 Å². The molecule has 88 valence electrons. The molecule has 1 atom stereocenters. The van der Waals surface area contributed by atoms with Crippen molar-refractivity contribution in [2.45, 2.75) is 26.3 Å². The van der Waals surface area contributed by atoms with E-state index in [0.29, 0.717) is 12.1 Å². The Bertz CT molecular complexity index is 379. The molecule has 0 heterocycles. The average Bonchev–Trinajstić information content (AvgIpc) is 2.17. The minimum Gasteiger partial charge on any atom is -0.396 e. The van der Waals surface area contributed by atoms with Gasteiger partial charge in [-0.2, -0.15) is 0 Å². The second kappa shape index (κ2) is 5.61. The first-order chi connectivity index (χ1) is 7.56. The smallest absolute Gasteiger partial charge is 0.164 e. The molecule has 0 spiro atoms. The lowest BCUT2D eigenvalue weighted by atomic mass is 10.1. The molecule has 3 nitrogen and oxygen atoms in total. The minimum atomic E-state index is -0.520. The molecule has 0 aliphatic heterocycles. The van der Waals surface area contributed by atoms with Crippen LogP contribution in [0.4, 0.5) is 10.1 Å². The summed E-state index contributed by atoms with van der Waals surface area (Å²) in [7, 11) is 0. The van der Waals surface area contributed by atoms with Gasteiger partial charge in [-0.3, -0.25) is 4.79 Å². The summed E-state index contributed by atoms with van der Waals surface area (Å²) in [6.07, 6.45) is 0.549. The Morgan fingerprint density at radius 3 is 2.81 bits per heavy atom. The first-order valence-electron chi connectivity index (χ1n) is 5.23. The summed E-state index contributed by atoms with van der Waals surface area (Å²) >= 11 is 0. The van der Waals surface area contributed by atoms with Crippen molar-refractivity contribution < 1.29 is 14.3 Å². The Hall–Kier alpha value is -1.42. The van der Waals surface area contributed by atoms with Gasteiger partial charge in [0.1, 0.15) is 5.82 Å². The number of aliphatic hydroxyl groups is 1. The number of ketones is 1. The third-order valence-electron chi connectivity index (χ3n) is 2.33. The molecule has 0 fully saturated rings. The van der Waals surface area contributed by atoms with E-state index < -0.39 is 5.82 Å². The van der Waals surface area contributed by atoms with Gasteiger partial charge in [-0.1, -0.05) is 6.07 Å². The normalized spacial score (nSPS) is 12.2. The van der Waals surface area contributed by atoms with Crippen LogP contribution in [-0.4, -0.2) is 23.5 Å². The van der Waals surface area contributed by atoms with Gasteiger partial charge in [-0.15, -0.1) is 0 Å². The maximum absolute atomic E-state index is 13.4. The van der Waals surface area contributed by atoms with Crippen LogP contribution in [-0.2, 0) is 0 Å². The van der Waals surface area contributed by atoms with Crippen molar-refractivity contribution in [1.29, 1.82) is 0 Å². The van der Waals surface area contributed by atoms with Gasteiger partial charge in [0.25, 0.3) is 0 Å². The minimum absolute atomic E-state index is 0.00935. The lowest BCUT2D eigenvalue weighted by Gasteiger charge is -2.16. The Kier molecular flexibility index (Phi) is 4.43. The molecule has 0 saturated heterocycles. The number of aliphatic hydroxyl groups excluding tert-OH is 1. The van der Waals surface area contributed by atoms with Crippen LogP contribution in [0.15, 0.2) is 18.2 Å². The van der Waals surface area contributed by atoms with E-state index in [9.17, 15) is 9.18 Å². The summed E-state index contributed by atoms with van der Waals surface area (Å²) in [5.74, 6) is -0.828. The number of benzene rings is 1. The molecule has 0 aliphatic carbocycles. The number of carbonyl (C=O) groups excluding carboxylic acids is 1. The predicted octanol–water partition coefficient (Wildman–Crippen LogP) is 2.21. The zero-order valence-electron chi connectivity index (χ0n) is 9.46. The molecule has 0 saturated carbocycles. The number of hydrogen-bond acceptors (Lipinski definition) is 3. The molecular weight excluding hydrogens is 209 g/mol. The van der Waals surface area contributed by atoms with Gasteiger partial charge in [0.2, 0.25) is 0 Å². The van der Waals surface area contributed by atoms with Gasteiger partial charge in [0, 0.05) is 18.3 Å². The molecule has 0 radical (unpaired) electrons. The van der Waals surface area contributed by atoms with Gasteiger partial charge in [0.05, 0.1) is 5.56 Å². The van der Waals surface area contributed by atoms with Crippen LogP contribution in [0.3, 0.4) is 0 Å². The Labute approximate surface area is 94.3 Å². The zero-order valence-corrected chi connectivity index (χ0v) is 9.46. The number of nitrogens with one attached hydrogen (secondary N) is 1. The topological polar surface area (TPSA) is 49.3 Å². The molecule has 0 unspecified atom stereocenters. The van der Waals surface area contributed by atoms with Crippen molar-refractivity contribution in [2.24, 2.45) is 0 Å². The number of rotatable bonds is 5. The second-order valence-electron chi connectivity index (χ2n) is 3.78. The molecule has 4 heteroatoms. The van der Waals surface area contributed by atoms with E-state index in [1.54, 1.807) is 12.1 Å². The van der Waals surface area contributed by atoms with Gasteiger partial charge in [-0.25, -0.2) is 4.39 Å². The molecular formula is C12H16FNO2. The fraction of sp³-hybridized carbons (Fsp3) is 0.417. The van der Waals surface area contributed by atoms with Gasteiger partial charge in [-0.05, 0) is 32.4 Å². The Morgan fingerprint density at radius 2 is 2.25 bits per heavy atom. The highest BCUT2D eigenvalue weighted by Crippen LogP contribution is 2.20. The number of halogens is 1. The average molecular weight is 225 g/mol. The monoisotopic (exact) mass is 225 g/mol. The molecule has 2 N–H and O–H groups in total. The standard InChI is InChI=1S/C12H16FNO2/c1-8(6-7-15)14-11-5-3-4-10(13)12(11)9(2)16/h3-5,8,14-15H,6-7H2,1-2H3/t8-/m1/s1. The van der Waals surface area contributed by atoms with Crippen molar-refractivity contribution in [3.05, 3.63) is 29.6 Å². The van der Waals surface area contributed by atoms with E-state index in [4.69, 9.17) is 5.11 Å². The third-order valence-corrected chi connectivity index (χ3v) is 2.33. The maximum Gasteiger partial charge on any atom is 0.164 e. The lowest BCUT2D eigenvalue weighted by molar-refractivity contribution is 0.101. The summed E-state index contributed by atoms with van der Waals surface area (Å²) in [4.78, 5) is 11.3. The largest absolute Gasteiger partial charge is 0.396 e. The SMILES string of the molecule is CC(=O)c1c(F)cccc1N[C@H](C)CCO. The maximum atomic E-state index is 13.4. The van der Waals surface area contributed by atoms with Crippen LogP contribution in [0, 0.1) is 5.82 Å². The summed E-state index contributed by atoms with van der Waals surface area (Å²) in [5.41, 5.74) is 0.556. The van der Waals surface area contributed by atoms with Crippen LogP contribution in [0.25, 0.3) is 0 Å². The van der Waals surface area contributed by atoms with Crippen LogP contribution in [0.2, 0.25) is 0 Å². The molecule has 1 aromatic rings. The number of hydrogen-bond donors (Lipinski definition) is 2. The summed E-state index contributed by atoms with van der Waals surface area (Å²) in [5, 5.41) is 11.8. The zero-order chi connectivity index (χ0) is 12.1. The number of anilines is 1. The summed E-state index contributed by atoms with van der Waals surface area (Å²) < 4.78 is 13.4. The van der Waals surface area contributed by atoms with E-state index in [2.05, 4.69) is 5.32 Å². The molecule has 0 bridgehead atoms. The van der Waals surface area contributed by atoms with Crippen molar-refractivity contribution >= 4 is 11.5 Å². The van der Waals surface area contributed by atoms with Crippen molar-refractivity contribution in [1.82, 2.24) is 0 Å². The van der Waals surface area contributed by atoms with Gasteiger partial charge < -0.3 is 10.4 Å². The van der Waals surface area contributed by atoms with Crippen LogP contribution < -0.4 is 5.32 Å². The number of Topliss-reactive ketones (excluding diaryl/α,β-unsaturated/α-hetero) is 1. The molecule has 1 rings (SSSR count). The van der Waals surface area contributed by atoms with Crippen LogP contribution in [0.1, 0.15) is 30.6 Å². The molecule has 16 heavy (non-hydrogen) atoms. The number of carbonyl (C=O) groups is 1. The third kappa shape index (κ3) is 3.03. The first-order valence-corrected chi connectivity index (χ1v) is 5.23. The summed E-state index contributed by atoms with van der Waals surface area (Å²) in [6.45, 7) is 3.25. The quantitative estimate of drug-likeness (QED) is 0.755. The van der Waals surface area contributed by atoms with Gasteiger partial charge in [0.15, 0.2) is 5.78 Å². The predicted molar refractivity (Wildman–Crippen MR) is 61.2 cm³/mol. The van der Waals surface area contributed by atoms with Crippen molar-refractivity contribution in [3.63, 3.8) is 0 Å².